The number of hydrogen-bond donors (Lipinski definition) is 3. The predicted molar refractivity (Wildman–Crippen MR) is 147 cm³/mol. The van der Waals surface area contributed by atoms with Crippen LogP contribution in [0.5, 0.6) is 0 Å². The Labute approximate surface area is 225 Å². The number of halogens is 1. The van der Waals surface area contributed by atoms with Crippen molar-refractivity contribution >= 4 is 34.4 Å². The van der Waals surface area contributed by atoms with Crippen LogP contribution in [0, 0.1) is 5.82 Å². The van der Waals surface area contributed by atoms with Gasteiger partial charge in [-0.05, 0) is 79.5 Å². The quantitative estimate of drug-likeness (QED) is 0.302. The van der Waals surface area contributed by atoms with Gasteiger partial charge in [0.2, 0.25) is 0 Å². The lowest BCUT2D eigenvalue weighted by atomic mass is 9.95. The molecule has 5 rings (SSSR count). The maximum Gasteiger partial charge on any atom is 0.274 e. The second-order valence-corrected chi connectivity index (χ2v) is 10.9. The molecule has 3 N–H and O–H groups in total. The molecule has 3 aromatic rings. The first-order valence-electron chi connectivity index (χ1n) is 13.0. The fourth-order valence-corrected chi connectivity index (χ4v) is 6.31. The molecule has 1 aromatic heterocycles. The van der Waals surface area contributed by atoms with E-state index in [1.807, 2.05) is 18.2 Å². The maximum atomic E-state index is 13.4. The van der Waals surface area contributed by atoms with Gasteiger partial charge in [-0.3, -0.25) is 14.5 Å². The number of nitrogens with zero attached hydrogens (tertiary/aromatic N) is 2. The molecule has 1 fully saturated rings. The Morgan fingerprint density at radius 3 is 2.68 bits per heavy atom. The smallest absolute Gasteiger partial charge is 0.274 e. The second-order valence-electron chi connectivity index (χ2n) is 9.83. The van der Waals surface area contributed by atoms with Gasteiger partial charge in [-0.15, -0.1) is 11.3 Å². The molecule has 198 valence electrons. The van der Waals surface area contributed by atoms with E-state index in [-0.39, 0.29) is 17.8 Å². The third kappa shape index (κ3) is 6.35. The highest BCUT2D eigenvalue weighted by Gasteiger charge is 2.27. The van der Waals surface area contributed by atoms with E-state index in [0.29, 0.717) is 21.7 Å². The summed E-state index contributed by atoms with van der Waals surface area (Å²) in [5.74, 6) is -1.04. The van der Waals surface area contributed by atoms with Crippen molar-refractivity contribution in [1.29, 1.82) is 0 Å². The number of piperidine rings is 1. The van der Waals surface area contributed by atoms with Gasteiger partial charge in [0.05, 0.1) is 17.9 Å². The lowest BCUT2D eigenvalue weighted by Crippen LogP contribution is -2.35. The number of fused-ring (bicyclic) bond motifs is 1. The molecule has 2 amide bonds. The van der Waals surface area contributed by atoms with E-state index >= 15 is 0 Å². The van der Waals surface area contributed by atoms with E-state index in [4.69, 9.17) is 0 Å². The third-order valence-corrected chi connectivity index (χ3v) is 8.21. The van der Waals surface area contributed by atoms with Crippen LogP contribution in [0.3, 0.4) is 0 Å². The fourth-order valence-electron chi connectivity index (χ4n) is 5.02. The molecule has 9 heteroatoms. The highest BCUT2D eigenvalue weighted by atomic mass is 32.1. The number of aliphatic hydroxyl groups excluding tert-OH is 1. The van der Waals surface area contributed by atoms with E-state index < -0.39 is 5.91 Å². The molecule has 2 aromatic carbocycles. The first kappa shape index (κ1) is 26.2. The van der Waals surface area contributed by atoms with Crippen LogP contribution in [0.2, 0.25) is 0 Å². The molecule has 2 aliphatic rings. The molecular weight excluding hydrogens is 503 g/mol. The molecule has 0 bridgehead atoms. The summed E-state index contributed by atoms with van der Waals surface area (Å²) in [5.41, 5.74) is 6.07. The fraction of sp³-hybridized carbons (Fsp3) is 0.345. The lowest BCUT2D eigenvalue weighted by molar-refractivity contribution is 0.0792. The second kappa shape index (κ2) is 12.0. The average molecular weight is 535 g/mol. The summed E-state index contributed by atoms with van der Waals surface area (Å²) in [7, 11) is 0. The van der Waals surface area contributed by atoms with Crippen molar-refractivity contribution in [1.82, 2.24) is 10.3 Å². The van der Waals surface area contributed by atoms with Gasteiger partial charge in [0.1, 0.15) is 10.8 Å². The molecule has 1 saturated heterocycles. The standard InChI is InChI=1S/C29H31FN4O3S/c30-22-8-4-5-19(16-22)17-31-33-28(37)26-24-9-1-2-10-25(24)38-29(26)32-27(36)21-7-3-6-20(15-21)18-34-13-11-23(35)12-14-34/h3-8,15-17,23,35H,1-2,9-14,18H2,(H,32,36)(H,33,37)/b31-17+. The molecule has 0 unspecified atom stereocenters. The number of hydrogen-bond acceptors (Lipinski definition) is 6. The number of likely N-dealkylation sites (tertiary alicyclic amines) is 1. The molecule has 2 heterocycles. The van der Waals surface area contributed by atoms with Gasteiger partial charge in [-0.1, -0.05) is 24.3 Å². The van der Waals surface area contributed by atoms with Gasteiger partial charge in [0, 0.05) is 30.1 Å². The maximum absolute atomic E-state index is 13.4. The molecule has 1 aliphatic carbocycles. The van der Waals surface area contributed by atoms with Crippen molar-refractivity contribution in [2.75, 3.05) is 18.4 Å². The van der Waals surface area contributed by atoms with Crippen LogP contribution in [-0.2, 0) is 19.4 Å². The van der Waals surface area contributed by atoms with Crippen molar-refractivity contribution in [2.24, 2.45) is 5.10 Å². The van der Waals surface area contributed by atoms with E-state index in [1.54, 1.807) is 18.2 Å². The molecule has 0 saturated carbocycles. The summed E-state index contributed by atoms with van der Waals surface area (Å²) in [4.78, 5) is 29.9. The summed E-state index contributed by atoms with van der Waals surface area (Å²) in [6.45, 7) is 2.38. The van der Waals surface area contributed by atoms with Gasteiger partial charge in [0.25, 0.3) is 11.8 Å². The first-order valence-corrected chi connectivity index (χ1v) is 13.8. The van der Waals surface area contributed by atoms with E-state index in [2.05, 4.69) is 20.7 Å². The summed E-state index contributed by atoms with van der Waals surface area (Å²) in [5, 5.41) is 17.3. The number of hydrazone groups is 1. The van der Waals surface area contributed by atoms with Crippen LogP contribution in [0.25, 0.3) is 0 Å². The number of aliphatic hydroxyl groups is 1. The predicted octanol–water partition coefficient (Wildman–Crippen LogP) is 4.74. The summed E-state index contributed by atoms with van der Waals surface area (Å²) < 4.78 is 13.4. The van der Waals surface area contributed by atoms with Crippen LogP contribution in [-0.4, -0.2) is 47.2 Å². The number of carbonyl (C=O) groups excluding carboxylic acids is 2. The SMILES string of the molecule is O=C(Nc1sc2c(c1C(=O)N/N=C/c1cccc(F)c1)CCCC2)c1cccc(CN2CCC(O)CC2)c1. The molecule has 38 heavy (non-hydrogen) atoms. The minimum absolute atomic E-state index is 0.224. The van der Waals surface area contributed by atoms with Crippen LogP contribution in [0.15, 0.2) is 53.6 Å². The molecule has 0 spiro atoms. The first-order chi connectivity index (χ1) is 18.5. The zero-order chi connectivity index (χ0) is 26.5. The number of rotatable bonds is 7. The Balaban J connectivity index is 1.31. The highest BCUT2D eigenvalue weighted by molar-refractivity contribution is 7.17. The third-order valence-electron chi connectivity index (χ3n) is 7.01. The molecular formula is C29H31FN4O3S. The highest BCUT2D eigenvalue weighted by Crippen LogP contribution is 2.38. The summed E-state index contributed by atoms with van der Waals surface area (Å²) in [6.07, 6.45) is 6.39. The average Bonchev–Trinajstić information content (AvgIpc) is 3.28. The normalized spacial score (nSPS) is 16.4. The van der Waals surface area contributed by atoms with E-state index in [0.717, 1.165) is 74.2 Å². The molecule has 7 nitrogen and oxygen atoms in total. The Kier molecular flexibility index (Phi) is 8.26. The van der Waals surface area contributed by atoms with Crippen molar-refractivity contribution in [3.8, 4) is 0 Å². The molecule has 0 atom stereocenters. The Morgan fingerprint density at radius 1 is 1.08 bits per heavy atom. The minimum Gasteiger partial charge on any atom is -0.393 e. The summed E-state index contributed by atoms with van der Waals surface area (Å²) >= 11 is 1.45. The van der Waals surface area contributed by atoms with Gasteiger partial charge in [0.15, 0.2) is 0 Å². The van der Waals surface area contributed by atoms with Gasteiger partial charge in [-0.25, -0.2) is 9.82 Å². The molecule has 1 aliphatic heterocycles. The monoisotopic (exact) mass is 534 g/mol. The number of benzene rings is 2. The Bertz CT molecular complexity index is 1350. The van der Waals surface area contributed by atoms with Gasteiger partial charge < -0.3 is 10.4 Å². The number of carbonyl (C=O) groups is 2. The van der Waals surface area contributed by atoms with E-state index in [1.165, 1.54) is 29.7 Å². The van der Waals surface area contributed by atoms with Crippen LogP contribution >= 0.6 is 11.3 Å². The topological polar surface area (TPSA) is 94.0 Å². The minimum atomic E-state index is -0.395. The zero-order valence-electron chi connectivity index (χ0n) is 21.1. The van der Waals surface area contributed by atoms with Crippen molar-refractivity contribution < 1.29 is 19.1 Å². The van der Waals surface area contributed by atoms with Gasteiger partial charge in [-0.2, -0.15) is 5.10 Å². The number of aryl methyl sites for hydroxylation is 1. The lowest BCUT2D eigenvalue weighted by Gasteiger charge is -2.29. The number of anilines is 1. The van der Waals surface area contributed by atoms with Crippen molar-refractivity contribution in [3.05, 3.63) is 87.0 Å². The Hall–Kier alpha value is -3.40. The van der Waals surface area contributed by atoms with Crippen molar-refractivity contribution in [3.63, 3.8) is 0 Å². The number of amides is 2. The van der Waals surface area contributed by atoms with E-state index in [9.17, 15) is 19.1 Å². The molecule has 0 radical (unpaired) electrons. The van der Waals surface area contributed by atoms with Crippen molar-refractivity contribution in [2.45, 2.75) is 51.2 Å². The largest absolute Gasteiger partial charge is 0.393 e. The Morgan fingerprint density at radius 2 is 1.87 bits per heavy atom. The van der Waals surface area contributed by atoms with Crippen LogP contribution in [0.1, 0.15) is 68.0 Å². The summed E-state index contributed by atoms with van der Waals surface area (Å²) in [6, 6.07) is 13.5. The number of nitrogens with one attached hydrogen (secondary N) is 2. The number of thiophene rings is 1. The van der Waals surface area contributed by atoms with Crippen LogP contribution in [0.4, 0.5) is 9.39 Å². The van der Waals surface area contributed by atoms with Gasteiger partial charge >= 0.3 is 0 Å². The zero-order valence-corrected chi connectivity index (χ0v) is 21.9. The van der Waals surface area contributed by atoms with Crippen LogP contribution < -0.4 is 10.7 Å².